The molecule has 0 fully saturated rings. The van der Waals surface area contributed by atoms with Crippen LogP contribution in [0.4, 0.5) is 34.1 Å². The van der Waals surface area contributed by atoms with E-state index in [4.69, 9.17) is 8.83 Å². The van der Waals surface area contributed by atoms with Gasteiger partial charge in [0.15, 0.2) is 11.2 Å². The number of furan rings is 2. The Labute approximate surface area is 530 Å². The van der Waals surface area contributed by atoms with Gasteiger partial charge in [-0.05, 0) is 136 Å². The van der Waals surface area contributed by atoms with Gasteiger partial charge in [-0.3, -0.25) is 0 Å². The third-order valence-corrected chi connectivity index (χ3v) is 21.3. The van der Waals surface area contributed by atoms with Crippen LogP contribution in [0.3, 0.4) is 0 Å². The zero-order chi connectivity index (χ0) is 60.6. The van der Waals surface area contributed by atoms with Crippen LogP contribution in [0.1, 0.15) is 36.1 Å². The van der Waals surface area contributed by atoms with Gasteiger partial charge < -0.3 is 18.6 Å². The summed E-state index contributed by atoms with van der Waals surface area (Å²) < 4.78 is 14.2. The summed E-state index contributed by atoms with van der Waals surface area (Å²) in [5, 5.41) is 18.6. The Morgan fingerprint density at radius 3 is 0.935 bits per heavy atom. The van der Waals surface area contributed by atoms with E-state index in [0.717, 1.165) is 110 Å². The van der Waals surface area contributed by atoms with Crippen LogP contribution in [-0.2, 0) is 10.8 Å². The molecule has 2 aliphatic carbocycles. The zero-order valence-corrected chi connectivity index (χ0v) is 50.6. The monoisotopic (exact) mass is 1170 g/mol. The quantitative estimate of drug-likeness (QED) is 0.159. The minimum atomic E-state index is -0.762. The van der Waals surface area contributed by atoms with Crippen molar-refractivity contribution in [3.8, 4) is 22.3 Å². The predicted molar refractivity (Wildman–Crippen MR) is 386 cm³/mol. The molecule has 2 atom stereocenters. The molecule has 2 unspecified atom stereocenters. The SMILES string of the molecule is CC1(C2(C)c3ccc4ccccc4c3-c3c2cc(N(c2cccc4ccccc24)c2cccc4c2oc2ccccc24)c2ccccc32)c2ccc3ccccc3c2-c2c1cc(N(c1cccc3ccccc13)c1cccc3c1oc1ccccc13)c1ccccc21. The molecule has 92 heavy (non-hydrogen) atoms. The highest BCUT2D eigenvalue weighted by Crippen LogP contribution is 2.69. The Balaban J connectivity index is 0.949. The van der Waals surface area contributed by atoms with Gasteiger partial charge in [0.2, 0.25) is 0 Å². The van der Waals surface area contributed by atoms with E-state index in [1.54, 1.807) is 0 Å². The van der Waals surface area contributed by atoms with Crippen LogP contribution in [0, 0.1) is 0 Å². The Hall–Kier alpha value is -11.7. The van der Waals surface area contributed by atoms with Gasteiger partial charge in [0.25, 0.3) is 0 Å². The van der Waals surface area contributed by atoms with Crippen LogP contribution in [0.2, 0.25) is 0 Å². The molecule has 2 aromatic heterocycles. The van der Waals surface area contributed by atoms with E-state index in [9.17, 15) is 0 Å². The molecular formula is C88H56N2O2. The average molecular weight is 1170 g/mol. The van der Waals surface area contributed by atoms with E-state index in [0.29, 0.717) is 0 Å². The molecule has 430 valence electrons. The Morgan fingerprint density at radius 1 is 0.217 bits per heavy atom. The molecule has 4 nitrogen and oxygen atoms in total. The molecule has 18 aromatic rings. The first-order valence-electron chi connectivity index (χ1n) is 32.0. The van der Waals surface area contributed by atoms with Crippen molar-refractivity contribution in [1.29, 1.82) is 0 Å². The highest BCUT2D eigenvalue weighted by molar-refractivity contribution is 6.22. The normalized spacial score (nSPS) is 15.8. The first-order valence-corrected chi connectivity index (χ1v) is 32.0. The van der Waals surface area contributed by atoms with Crippen molar-refractivity contribution in [2.24, 2.45) is 0 Å². The van der Waals surface area contributed by atoms with E-state index >= 15 is 0 Å². The smallest absolute Gasteiger partial charge is 0.159 e. The largest absolute Gasteiger partial charge is 0.454 e. The van der Waals surface area contributed by atoms with Crippen LogP contribution in [0.5, 0.6) is 0 Å². The second-order valence-corrected chi connectivity index (χ2v) is 25.6. The molecule has 0 spiro atoms. The highest BCUT2D eigenvalue weighted by Gasteiger charge is 2.59. The average Bonchev–Trinajstić information content (AvgIpc) is 1.49. The second kappa shape index (κ2) is 18.9. The minimum absolute atomic E-state index is 0.762. The first-order chi connectivity index (χ1) is 45.4. The summed E-state index contributed by atoms with van der Waals surface area (Å²) >= 11 is 0. The van der Waals surface area contributed by atoms with E-state index in [-0.39, 0.29) is 0 Å². The van der Waals surface area contributed by atoms with E-state index < -0.39 is 10.8 Å². The van der Waals surface area contributed by atoms with E-state index in [2.05, 4.69) is 327 Å². The van der Waals surface area contributed by atoms with Gasteiger partial charge in [0.1, 0.15) is 11.2 Å². The van der Waals surface area contributed by atoms with Crippen molar-refractivity contribution in [2.75, 3.05) is 9.80 Å². The van der Waals surface area contributed by atoms with Crippen molar-refractivity contribution < 1.29 is 8.83 Å². The van der Waals surface area contributed by atoms with E-state index in [1.165, 1.54) is 76.8 Å². The fourth-order valence-electron chi connectivity index (χ4n) is 17.1. The van der Waals surface area contributed by atoms with Crippen molar-refractivity contribution in [3.05, 3.63) is 326 Å². The van der Waals surface area contributed by atoms with E-state index in [1.807, 2.05) is 0 Å². The van der Waals surface area contributed by atoms with Crippen LogP contribution >= 0.6 is 0 Å². The molecule has 0 saturated heterocycles. The van der Waals surface area contributed by atoms with Crippen LogP contribution in [0.25, 0.3) is 131 Å². The number of anilines is 6. The molecule has 0 saturated carbocycles. The number of para-hydroxylation sites is 4. The molecular weight excluding hydrogens is 1120 g/mol. The maximum absolute atomic E-state index is 7.12. The summed E-state index contributed by atoms with van der Waals surface area (Å²) in [7, 11) is 0. The molecule has 0 aliphatic heterocycles. The lowest BCUT2D eigenvalue weighted by Crippen LogP contribution is -2.44. The molecule has 0 bridgehead atoms. The molecule has 0 N–H and O–H groups in total. The number of benzene rings is 16. The predicted octanol–water partition coefficient (Wildman–Crippen LogP) is 24.6. The van der Waals surface area contributed by atoms with Gasteiger partial charge >= 0.3 is 0 Å². The van der Waals surface area contributed by atoms with Gasteiger partial charge in [-0.1, -0.05) is 269 Å². The summed E-state index contributed by atoms with van der Waals surface area (Å²) in [4.78, 5) is 5.05. The molecule has 0 amide bonds. The fourth-order valence-corrected chi connectivity index (χ4v) is 17.1. The summed E-state index contributed by atoms with van der Waals surface area (Å²) in [6.07, 6.45) is 0. The zero-order valence-electron chi connectivity index (χ0n) is 50.6. The number of hydrogen-bond acceptors (Lipinski definition) is 4. The van der Waals surface area contributed by atoms with Crippen molar-refractivity contribution in [2.45, 2.75) is 24.7 Å². The molecule has 2 aliphatic rings. The van der Waals surface area contributed by atoms with Crippen molar-refractivity contribution >= 4 is 143 Å². The van der Waals surface area contributed by atoms with Crippen molar-refractivity contribution in [1.82, 2.24) is 0 Å². The van der Waals surface area contributed by atoms with Gasteiger partial charge in [-0.25, -0.2) is 0 Å². The summed E-state index contributed by atoms with van der Waals surface area (Å²) in [5.74, 6) is 0. The molecule has 16 aromatic carbocycles. The number of rotatable bonds is 7. The van der Waals surface area contributed by atoms with Gasteiger partial charge in [-0.15, -0.1) is 0 Å². The maximum Gasteiger partial charge on any atom is 0.159 e. The fraction of sp³-hybridized carbons (Fsp3) is 0.0455. The lowest BCUT2D eigenvalue weighted by molar-refractivity contribution is 0.376. The standard InChI is InChI=1S/C88H56N2O2/c1-87(69-49-47-55-25-5-9-31-59(55)81(69)83-65-37-13-11-33-61(65)77(51-71(83)87)89(73-41-19-27-53-23-3-7-29-57(53)73)75-43-21-39-67-63-35-15-17-45-79(63)91-85(67)75)88(2)70-50-48-56-26-6-10-32-60(56)82(70)84-66-38-14-12-34-62(66)78(52-72(84)88)90(74-42-20-28-54-24-4-8-30-58(54)74)76-44-22-40-68-64-36-16-18-46-80(64)92-86(68)76/h3-52H,1-2H3. The molecule has 2 heterocycles. The van der Waals surface area contributed by atoms with Crippen LogP contribution < -0.4 is 9.80 Å². The van der Waals surface area contributed by atoms with Crippen LogP contribution in [0.15, 0.2) is 312 Å². The Kier molecular flexibility index (Phi) is 10.5. The molecule has 0 radical (unpaired) electrons. The number of hydrogen-bond donors (Lipinski definition) is 0. The molecule has 4 heteroatoms. The number of nitrogens with zero attached hydrogens (tertiary/aromatic N) is 2. The van der Waals surface area contributed by atoms with Gasteiger partial charge in [0, 0.05) is 53.9 Å². The van der Waals surface area contributed by atoms with Gasteiger partial charge in [0.05, 0.1) is 34.1 Å². The lowest BCUT2D eigenvalue weighted by Gasteiger charge is -2.46. The molecule has 20 rings (SSSR count). The third-order valence-electron chi connectivity index (χ3n) is 21.3. The summed E-state index contributed by atoms with van der Waals surface area (Å²) in [5.41, 5.74) is 18.4. The maximum atomic E-state index is 7.12. The van der Waals surface area contributed by atoms with Crippen molar-refractivity contribution in [3.63, 3.8) is 0 Å². The van der Waals surface area contributed by atoms with Crippen LogP contribution in [-0.4, -0.2) is 0 Å². The first kappa shape index (κ1) is 51.2. The third kappa shape index (κ3) is 6.74. The second-order valence-electron chi connectivity index (χ2n) is 25.6. The lowest BCUT2D eigenvalue weighted by atomic mass is 9.56. The number of fused-ring (bicyclic) bond motifs is 22. The summed E-state index contributed by atoms with van der Waals surface area (Å²) in [6.45, 7) is 5.18. The highest BCUT2D eigenvalue weighted by atomic mass is 16.3. The summed E-state index contributed by atoms with van der Waals surface area (Å²) in [6, 6.07) is 113. The Morgan fingerprint density at radius 2 is 0.511 bits per heavy atom. The topological polar surface area (TPSA) is 32.8 Å². The minimum Gasteiger partial charge on any atom is -0.454 e. The Bertz CT molecular complexity index is 5840. The van der Waals surface area contributed by atoms with Gasteiger partial charge in [-0.2, -0.15) is 0 Å².